The fraction of sp³-hybridized carbons (Fsp3) is 1.00. The van der Waals surface area contributed by atoms with Gasteiger partial charge in [0.2, 0.25) is 0 Å². The van der Waals surface area contributed by atoms with Crippen LogP contribution >= 0.6 is 0 Å². The van der Waals surface area contributed by atoms with Gasteiger partial charge in [-0.15, -0.1) is 0 Å². The number of hydrogen-bond donors (Lipinski definition) is 1. The monoisotopic (exact) mass is 210 g/mol. The first-order chi connectivity index (χ1) is 6.46. The van der Waals surface area contributed by atoms with Crippen molar-refractivity contribution in [3.05, 3.63) is 0 Å². The van der Waals surface area contributed by atoms with E-state index in [-0.39, 0.29) is 5.92 Å². The summed E-state index contributed by atoms with van der Waals surface area (Å²) in [5, 5.41) is 9.19. The van der Waals surface area contributed by atoms with E-state index in [4.69, 9.17) is 0 Å². The van der Waals surface area contributed by atoms with Crippen LogP contribution < -0.4 is 0 Å². The number of alkyl halides is 3. The summed E-state index contributed by atoms with van der Waals surface area (Å²) in [4.78, 5) is 0. The van der Waals surface area contributed by atoms with E-state index in [1.807, 2.05) is 6.92 Å². The average molecular weight is 210 g/mol. The van der Waals surface area contributed by atoms with Crippen LogP contribution in [0, 0.1) is 11.8 Å². The van der Waals surface area contributed by atoms with Crippen LogP contribution in [0.15, 0.2) is 0 Å². The van der Waals surface area contributed by atoms with Crippen LogP contribution in [0.5, 0.6) is 0 Å². The van der Waals surface area contributed by atoms with Gasteiger partial charge in [0.1, 0.15) is 0 Å². The lowest BCUT2D eigenvalue weighted by Gasteiger charge is -2.34. The second-order valence-corrected chi connectivity index (χ2v) is 4.10. The fourth-order valence-corrected chi connectivity index (χ4v) is 2.40. The fourth-order valence-electron chi connectivity index (χ4n) is 2.40. The summed E-state index contributed by atoms with van der Waals surface area (Å²) < 4.78 is 36.9. The van der Waals surface area contributed by atoms with Crippen molar-refractivity contribution >= 4 is 0 Å². The van der Waals surface area contributed by atoms with E-state index in [2.05, 4.69) is 0 Å². The highest BCUT2D eigenvalue weighted by atomic mass is 19.4. The number of aliphatic hydroxyl groups excluding tert-OH is 1. The Bertz CT molecular complexity index is 179. The lowest BCUT2D eigenvalue weighted by molar-refractivity contribution is -0.227. The Hall–Kier alpha value is -0.250. The predicted molar refractivity (Wildman–Crippen MR) is 47.8 cm³/mol. The molecule has 14 heavy (non-hydrogen) atoms. The Morgan fingerprint density at radius 3 is 2.36 bits per heavy atom. The minimum atomic E-state index is -4.45. The maximum atomic E-state index is 12.3. The van der Waals surface area contributed by atoms with Gasteiger partial charge in [-0.25, -0.2) is 0 Å². The van der Waals surface area contributed by atoms with Gasteiger partial charge >= 0.3 is 6.18 Å². The molecule has 3 atom stereocenters. The van der Waals surface area contributed by atoms with E-state index in [1.165, 1.54) is 0 Å². The Morgan fingerprint density at radius 2 is 1.86 bits per heavy atom. The highest BCUT2D eigenvalue weighted by Crippen LogP contribution is 2.39. The summed E-state index contributed by atoms with van der Waals surface area (Å²) in [7, 11) is 0. The molecule has 0 amide bonds. The number of halogens is 3. The zero-order chi connectivity index (χ0) is 10.8. The summed E-state index contributed by atoms with van der Waals surface area (Å²) >= 11 is 0. The highest BCUT2D eigenvalue weighted by Gasteiger charge is 2.46. The molecule has 0 aromatic carbocycles. The molecule has 1 saturated carbocycles. The zero-order valence-electron chi connectivity index (χ0n) is 8.35. The number of rotatable bonds is 2. The topological polar surface area (TPSA) is 20.2 Å². The molecule has 1 N–H and O–H groups in total. The molecule has 1 fully saturated rings. The van der Waals surface area contributed by atoms with Crippen molar-refractivity contribution in [3.63, 3.8) is 0 Å². The Kier molecular flexibility index (Phi) is 3.81. The van der Waals surface area contributed by atoms with E-state index >= 15 is 0 Å². The predicted octanol–water partition coefficient (Wildman–Crippen LogP) is 3.13. The van der Waals surface area contributed by atoms with Gasteiger partial charge in [0.05, 0.1) is 0 Å². The lowest BCUT2D eigenvalue weighted by Crippen LogP contribution is -2.40. The van der Waals surface area contributed by atoms with Crippen molar-refractivity contribution in [1.29, 1.82) is 0 Å². The molecule has 1 aliphatic carbocycles. The molecule has 4 heteroatoms. The minimum Gasteiger partial charge on any atom is -0.383 e. The molecular formula is C10H17F3O. The second-order valence-electron chi connectivity index (χ2n) is 4.10. The first-order valence-electron chi connectivity index (χ1n) is 5.21. The van der Waals surface area contributed by atoms with Gasteiger partial charge in [-0.1, -0.05) is 32.6 Å². The van der Waals surface area contributed by atoms with E-state index in [0.717, 1.165) is 25.7 Å². The van der Waals surface area contributed by atoms with Gasteiger partial charge < -0.3 is 5.11 Å². The molecule has 1 rings (SSSR count). The van der Waals surface area contributed by atoms with Crippen LogP contribution in [0.3, 0.4) is 0 Å². The van der Waals surface area contributed by atoms with Gasteiger partial charge in [-0.3, -0.25) is 0 Å². The molecule has 1 aliphatic rings. The van der Waals surface area contributed by atoms with Crippen molar-refractivity contribution < 1.29 is 18.3 Å². The summed E-state index contributed by atoms with van der Waals surface area (Å²) in [5.74, 6) is -0.533. The zero-order valence-corrected chi connectivity index (χ0v) is 8.35. The van der Waals surface area contributed by atoms with Gasteiger partial charge in [0.25, 0.3) is 0 Å². The largest absolute Gasteiger partial charge is 0.414 e. The Morgan fingerprint density at radius 1 is 1.29 bits per heavy atom. The van der Waals surface area contributed by atoms with Crippen LogP contribution in [-0.2, 0) is 0 Å². The molecule has 0 radical (unpaired) electrons. The average Bonchev–Trinajstić information content (AvgIpc) is 2.15. The van der Waals surface area contributed by atoms with Gasteiger partial charge in [-0.05, 0) is 18.3 Å². The van der Waals surface area contributed by atoms with Crippen molar-refractivity contribution in [1.82, 2.24) is 0 Å². The summed E-state index contributed by atoms with van der Waals surface area (Å²) in [6, 6.07) is 0. The van der Waals surface area contributed by atoms with Gasteiger partial charge in [-0.2, -0.15) is 13.2 Å². The van der Waals surface area contributed by atoms with E-state index in [1.54, 1.807) is 0 Å². The normalized spacial score (nSPS) is 31.5. The maximum Gasteiger partial charge on any atom is 0.414 e. The quantitative estimate of drug-likeness (QED) is 0.742. The van der Waals surface area contributed by atoms with Crippen LogP contribution in [0.2, 0.25) is 0 Å². The standard InChI is InChI=1S/C10H17F3O/c1-2-7-5-3-4-6-8(7)9(14)10(11,12)13/h7-9,14H,2-6H2,1H3. The Labute approximate surface area is 82.3 Å². The number of aliphatic hydroxyl groups is 1. The summed E-state index contributed by atoms with van der Waals surface area (Å²) in [6.45, 7) is 1.89. The molecule has 0 heterocycles. The molecule has 84 valence electrons. The van der Waals surface area contributed by atoms with E-state index < -0.39 is 18.2 Å². The molecule has 0 bridgehead atoms. The smallest absolute Gasteiger partial charge is 0.383 e. The Balaban J connectivity index is 2.63. The number of hydrogen-bond acceptors (Lipinski definition) is 1. The molecule has 3 unspecified atom stereocenters. The van der Waals surface area contributed by atoms with Gasteiger partial charge in [0, 0.05) is 0 Å². The van der Waals surface area contributed by atoms with Crippen LogP contribution in [0.4, 0.5) is 13.2 Å². The van der Waals surface area contributed by atoms with Crippen LogP contribution in [0.1, 0.15) is 39.0 Å². The third-order valence-electron chi connectivity index (χ3n) is 3.23. The van der Waals surface area contributed by atoms with Crippen molar-refractivity contribution in [2.24, 2.45) is 11.8 Å². The minimum absolute atomic E-state index is 0.0420. The third kappa shape index (κ3) is 2.62. The van der Waals surface area contributed by atoms with E-state index in [9.17, 15) is 18.3 Å². The molecule has 0 saturated heterocycles. The van der Waals surface area contributed by atoms with Crippen molar-refractivity contribution in [3.8, 4) is 0 Å². The first-order valence-corrected chi connectivity index (χ1v) is 5.21. The van der Waals surface area contributed by atoms with Crippen LogP contribution in [0.25, 0.3) is 0 Å². The molecular weight excluding hydrogens is 193 g/mol. The van der Waals surface area contributed by atoms with E-state index in [0.29, 0.717) is 6.42 Å². The first kappa shape index (κ1) is 11.8. The summed E-state index contributed by atoms with van der Waals surface area (Å²) in [5.41, 5.74) is 0. The SMILES string of the molecule is CCC1CCCCC1C(O)C(F)(F)F. The molecule has 0 aromatic heterocycles. The van der Waals surface area contributed by atoms with Crippen molar-refractivity contribution in [2.45, 2.75) is 51.3 Å². The molecule has 0 spiro atoms. The lowest BCUT2D eigenvalue weighted by atomic mass is 9.75. The van der Waals surface area contributed by atoms with Crippen LogP contribution in [-0.4, -0.2) is 17.4 Å². The molecule has 0 aliphatic heterocycles. The van der Waals surface area contributed by atoms with Crippen molar-refractivity contribution in [2.75, 3.05) is 0 Å². The third-order valence-corrected chi connectivity index (χ3v) is 3.23. The molecule has 0 aromatic rings. The molecule has 1 nitrogen and oxygen atoms in total. The second kappa shape index (κ2) is 4.51. The maximum absolute atomic E-state index is 12.3. The highest BCUT2D eigenvalue weighted by molar-refractivity contribution is 4.83. The summed E-state index contributed by atoms with van der Waals surface area (Å²) in [6.07, 6.45) is -2.68. The van der Waals surface area contributed by atoms with Gasteiger partial charge in [0.15, 0.2) is 6.10 Å².